The van der Waals surface area contributed by atoms with Crippen molar-refractivity contribution < 1.29 is 71.1 Å². The average molecular weight is 1810 g/mol. The molecule has 7 aliphatic heterocycles. The second-order valence-electron chi connectivity index (χ2n) is 33.2. The fourth-order valence-electron chi connectivity index (χ4n) is 11.9. The van der Waals surface area contributed by atoms with Crippen LogP contribution in [0.5, 0.6) is 46.0 Å². The van der Waals surface area contributed by atoms with E-state index in [2.05, 4.69) is 225 Å². The summed E-state index contributed by atoms with van der Waals surface area (Å²) >= 11 is 0. The summed E-state index contributed by atoms with van der Waals surface area (Å²) in [6.45, 7) is 63.0. The summed E-state index contributed by atoms with van der Waals surface area (Å²) in [7, 11) is 1.75. The minimum atomic E-state index is 0.118. The van der Waals surface area contributed by atoms with Crippen molar-refractivity contribution in [3.05, 3.63) is 287 Å². The van der Waals surface area contributed by atoms with E-state index in [1.54, 1.807) is 7.11 Å². The van der Waals surface area contributed by atoms with E-state index >= 15 is 0 Å². The van der Waals surface area contributed by atoms with E-state index in [4.69, 9.17) is 71.1 Å². The van der Waals surface area contributed by atoms with Crippen LogP contribution in [0.2, 0.25) is 0 Å². The Morgan fingerprint density at radius 2 is 0.636 bits per heavy atom. The number of rotatable bonds is 27. The van der Waals surface area contributed by atoms with E-state index in [1.165, 1.54) is 90.0 Å². The Labute approximate surface area is 797 Å². The van der Waals surface area contributed by atoms with E-state index in [0.717, 1.165) is 124 Å². The highest BCUT2D eigenvalue weighted by atomic mass is 16.6. The number of para-hydroxylation sites is 3. The van der Waals surface area contributed by atoms with Gasteiger partial charge in [0.25, 0.3) is 0 Å². The molecule has 0 N–H and O–H groups in total. The lowest BCUT2D eigenvalue weighted by Gasteiger charge is -2.23. The van der Waals surface area contributed by atoms with Gasteiger partial charge < -0.3 is 71.1 Å². The Bertz CT molecular complexity index is 4610. The second kappa shape index (κ2) is 67.3. The summed E-state index contributed by atoms with van der Waals surface area (Å²) < 4.78 is 80.0. The number of hydrogen-bond acceptors (Lipinski definition) is 15. The second-order valence-corrected chi connectivity index (χ2v) is 33.2. The van der Waals surface area contributed by atoms with Crippen LogP contribution in [0, 0.1) is 26.7 Å². The molecule has 18 rings (SSSR count). The van der Waals surface area contributed by atoms with Crippen LogP contribution in [-0.2, 0) is 64.3 Å². The van der Waals surface area contributed by atoms with Crippen molar-refractivity contribution in [1.29, 1.82) is 0 Å². The maximum absolute atomic E-state index is 5.84. The molecule has 7 aliphatic rings. The van der Waals surface area contributed by atoms with E-state index in [1.807, 2.05) is 191 Å². The van der Waals surface area contributed by atoms with E-state index in [0.29, 0.717) is 76.8 Å². The van der Waals surface area contributed by atoms with Gasteiger partial charge in [-0.25, -0.2) is 0 Å². The van der Waals surface area contributed by atoms with Crippen molar-refractivity contribution in [2.45, 2.75) is 260 Å². The lowest BCUT2D eigenvalue weighted by atomic mass is 9.86. The quantitative estimate of drug-likeness (QED) is 0.0447. The zero-order chi connectivity index (χ0) is 96.9. The molecule has 7 unspecified atom stereocenters. The zero-order valence-electron chi connectivity index (χ0n) is 85.5. The monoisotopic (exact) mass is 1810 g/mol. The minimum absolute atomic E-state index is 0.118. The first kappa shape index (κ1) is 114. The standard InChI is InChI=1S/C16H18.C15H18O.C14H20O2.C13H12O2.C12H14O4.2C10H12O2.C9H10O2.C4H10.2C3H8.4C2H6/c1-3-13-5-9-15(10-6-13)16-11-7-14(4-2)8-12-16;1-4-11-10-15(16-3)12(5-2)14-9-7-6-8-13(11)14;1-10-5-6-12(14(2,3)4)13(7-10)16-9-11-8-15-11;1-2-4-11-7-12(6-5-10(11)3-1)14-8-13-9-15-13;1-2-9(13-5-11-7-15-11)4-10(3-1)14-6-12-8-16-12;2*1-8-4-2-3-5-10(8)12-7-9-6-11-9;1-2-4-8(5-3-1)10-6-9-7-11-9;1-4(2)3;2*1-3-2;4*1-2/h5-12H,3-4H2,1-2H3;6-10H,4-5H2,1-3H3;5-7,11H,8-9H2,1-4H3;1-7,13H,8-9H2;1-4,11-12H,5-8H2;2*2-5,9H,6-7H2,1H3;1-5,9H,6-7H2;4H,1-3H3;2*3H2,1-2H3;4*1-2H3. The number of aryl methyl sites for hydroxylation is 7. The minimum Gasteiger partial charge on any atom is -0.496 e. The summed E-state index contributed by atoms with van der Waals surface area (Å²) in [4.78, 5) is 0. The Kier molecular flexibility index (Phi) is 58.3. The highest BCUT2D eigenvalue weighted by Crippen LogP contribution is 2.35. The highest BCUT2D eigenvalue weighted by molar-refractivity contribution is 5.91. The molecule has 0 bridgehead atoms. The van der Waals surface area contributed by atoms with Crippen molar-refractivity contribution in [2.75, 3.05) is 99.6 Å². The first-order valence-electron chi connectivity index (χ1n) is 49.0. The molecule has 724 valence electrons. The average Bonchev–Trinajstić information content (AvgIpc) is 0.887. The lowest BCUT2D eigenvalue weighted by Crippen LogP contribution is -2.15. The van der Waals surface area contributed by atoms with Crippen LogP contribution in [0.25, 0.3) is 32.7 Å². The van der Waals surface area contributed by atoms with E-state index < -0.39 is 0 Å². The van der Waals surface area contributed by atoms with Crippen molar-refractivity contribution >= 4 is 21.5 Å². The van der Waals surface area contributed by atoms with Gasteiger partial charge in [-0.2, -0.15) is 0 Å². The molecule has 0 aromatic heterocycles. The van der Waals surface area contributed by atoms with Gasteiger partial charge in [-0.1, -0.05) is 341 Å². The van der Waals surface area contributed by atoms with E-state index in [-0.39, 0.29) is 17.6 Å². The predicted molar refractivity (Wildman–Crippen MR) is 553 cm³/mol. The topological polar surface area (TPSA) is 162 Å². The van der Waals surface area contributed by atoms with Gasteiger partial charge in [0, 0.05) is 11.6 Å². The third-order valence-corrected chi connectivity index (χ3v) is 19.4. The molecule has 132 heavy (non-hydrogen) atoms. The molecule has 11 aromatic carbocycles. The number of hydrogen-bond donors (Lipinski definition) is 0. The van der Waals surface area contributed by atoms with Gasteiger partial charge >= 0.3 is 0 Å². The molecule has 15 heteroatoms. The fraction of sp³-hybridized carbons (Fsp3) is 0.470. The fourth-order valence-corrected chi connectivity index (χ4v) is 11.9. The molecule has 11 aromatic rings. The number of fused-ring (bicyclic) bond motifs is 2. The Morgan fingerprint density at radius 3 is 1.00 bits per heavy atom. The largest absolute Gasteiger partial charge is 0.496 e. The molecule has 7 atom stereocenters. The number of epoxide rings is 7. The van der Waals surface area contributed by atoms with Crippen LogP contribution >= 0.6 is 0 Å². The van der Waals surface area contributed by atoms with Crippen LogP contribution in [0.4, 0.5) is 0 Å². The van der Waals surface area contributed by atoms with Gasteiger partial charge in [0.1, 0.15) is 135 Å². The maximum atomic E-state index is 5.84. The molecule has 0 radical (unpaired) electrons. The van der Waals surface area contributed by atoms with Crippen LogP contribution < -0.4 is 37.9 Å². The summed E-state index contributed by atoms with van der Waals surface area (Å²) in [6, 6.07) is 82.8. The molecule has 0 saturated carbocycles. The van der Waals surface area contributed by atoms with Crippen molar-refractivity contribution in [3.63, 3.8) is 0 Å². The van der Waals surface area contributed by atoms with Crippen LogP contribution in [0.15, 0.2) is 243 Å². The predicted octanol–water partition coefficient (Wildman–Crippen LogP) is 29.0. The van der Waals surface area contributed by atoms with Gasteiger partial charge in [0.15, 0.2) is 0 Å². The van der Waals surface area contributed by atoms with Crippen molar-refractivity contribution in [2.24, 2.45) is 5.92 Å². The van der Waals surface area contributed by atoms with Crippen LogP contribution in [-0.4, -0.2) is 142 Å². The molecule has 0 aliphatic carbocycles. The van der Waals surface area contributed by atoms with Crippen molar-refractivity contribution in [3.8, 4) is 57.1 Å². The maximum Gasteiger partial charge on any atom is 0.123 e. The summed E-state index contributed by atoms with van der Waals surface area (Å²) in [5.74, 6) is 8.28. The number of methoxy groups -OCH3 is 1. The first-order valence-corrected chi connectivity index (χ1v) is 49.0. The van der Waals surface area contributed by atoms with Crippen molar-refractivity contribution in [1.82, 2.24) is 0 Å². The first-order chi connectivity index (χ1) is 64.2. The van der Waals surface area contributed by atoms with Gasteiger partial charge in [-0.15, -0.1) is 0 Å². The van der Waals surface area contributed by atoms with Gasteiger partial charge in [-0.3, -0.25) is 0 Å². The summed E-state index contributed by atoms with van der Waals surface area (Å²) in [6.07, 6.45) is 8.97. The zero-order valence-corrected chi connectivity index (χ0v) is 85.5. The van der Waals surface area contributed by atoms with Crippen LogP contribution in [0.3, 0.4) is 0 Å². The number of ether oxygens (including phenoxy) is 15. The molecule has 0 spiro atoms. The van der Waals surface area contributed by atoms with Gasteiger partial charge in [-0.05, 0) is 190 Å². The third kappa shape index (κ3) is 49.2. The molecule has 0 amide bonds. The Hall–Kier alpha value is -9.94. The third-order valence-electron chi connectivity index (χ3n) is 19.4. The lowest BCUT2D eigenvalue weighted by molar-refractivity contribution is 0.252. The SMILES string of the molecule is CC.CC.CC.CC.CC(C)C.CCC.CCC.CCc1cc(OC)c(CC)c2ccccc12.CCc1ccc(-c2ccc(CC)cc2)cc1.Cc1ccc(C(C)(C)C)c(OCC2CO2)c1.Cc1ccccc1OCC1CO1.Cc1ccccc1OCC1CO1.c1cc(OCC2CO2)cc(OCC2CO2)c1.c1ccc(OCC2CO2)cc1.c1ccc2cc(OCC3CO3)ccc2c1. The molecule has 15 nitrogen and oxygen atoms in total. The molecule has 7 heterocycles. The number of benzene rings is 11. The Balaban J connectivity index is 0.000000308. The smallest absolute Gasteiger partial charge is 0.123 e. The summed E-state index contributed by atoms with van der Waals surface area (Å²) in [5, 5.41) is 5.16. The summed E-state index contributed by atoms with van der Waals surface area (Å²) in [5.41, 5.74) is 13.1. The molecular formula is C117H166O15. The molecule has 7 saturated heterocycles. The van der Waals surface area contributed by atoms with Gasteiger partial charge in [0.05, 0.1) is 53.4 Å². The highest BCUT2D eigenvalue weighted by Gasteiger charge is 2.29. The normalized spacial score (nSPS) is 16.5. The van der Waals surface area contributed by atoms with Gasteiger partial charge in [0.2, 0.25) is 0 Å². The van der Waals surface area contributed by atoms with Crippen LogP contribution in [0.1, 0.15) is 210 Å². The Morgan fingerprint density at radius 1 is 0.303 bits per heavy atom. The molecular weight excluding hydrogens is 1650 g/mol. The van der Waals surface area contributed by atoms with E-state index in [9.17, 15) is 0 Å². The molecule has 7 fully saturated rings.